The number of fused-ring (bicyclic) bond motifs is 1. The van der Waals surface area contributed by atoms with Crippen LogP contribution in [0.15, 0.2) is 36.7 Å². The van der Waals surface area contributed by atoms with Crippen molar-refractivity contribution < 1.29 is 46.6 Å². The van der Waals surface area contributed by atoms with Crippen molar-refractivity contribution in [3.05, 3.63) is 42.7 Å². The van der Waals surface area contributed by atoms with Gasteiger partial charge in [-0.05, 0) is 25.0 Å². The SMILES string of the molecule is C#C[C@]1(CO[P@@](=O)(N[C@@H](C)C(=O)OCC(CC)CC)Oc2ccccc2)OC[C@@H](n2cnc3c(NC(=O)C(C)C)nc(F)nc32)[C@@H]1OC(=O)C(C)C. The van der Waals surface area contributed by atoms with Crippen molar-refractivity contribution in [2.45, 2.75) is 85.1 Å². The first-order chi connectivity index (χ1) is 24.7. The quantitative estimate of drug-likeness (QED) is 0.0794. The second-order valence-corrected chi connectivity index (χ2v) is 14.8. The predicted molar refractivity (Wildman–Crippen MR) is 188 cm³/mol. The fraction of sp³-hybridized carbons (Fsp3) is 0.543. The summed E-state index contributed by atoms with van der Waals surface area (Å²) in [6.07, 6.45) is 6.53. The summed E-state index contributed by atoms with van der Waals surface area (Å²) in [6, 6.07) is 6.03. The van der Waals surface area contributed by atoms with E-state index in [4.69, 9.17) is 29.7 Å². The van der Waals surface area contributed by atoms with Gasteiger partial charge in [-0.2, -0.15) is 19.4 Å². The third kappa shape index (κ3) is 9.51. The lowest BCUT2D eigenvalue weighted by Crippen LogP contribution is -2.48. The average Bonchev–Trinajstić information content (AvgIpc) is 3.69. The van der Waals surface area contributed by atoms with E-state index in [0.29, 0.717) is 0 Å². The highest BCUT2D eigenvalue weighted by atomic mass is 31.2. The normalized spacial score (nSPS) is 20.4. The number of nitrogens with one attached hydrogen (secondary N) is 2. The Morgan fingerprint density at radius 1 is 1.10 bits per heavy atom. The number of para-hydroxylation sites is 1. The number of anilines is 1. The molecule has 1 amide bonds. The second-order valence-electron chi connectivity index (χ2n) is 13.1. The minimum absolute atomic E-state index is 0.0417. The van der Waals surface area contributed by atoms with Crippen LogP contribution in [0.5, 0.6) is 5.75 Å². The molecule has 2 aromatic heterocycles. The topological polar surface area (TPSA) is 182 Å². The molecule has 52 heavy (non-hydrogen) atoms. The van der Waals surface area contributed by atoms with E-state index in [9.17, 15) is 23.3 Å². The number of amides is 1. The summed E-state index contributed by atoms with van der Waals surface area (Å²) in [5.41, 5.74) is -1.86. The molecule has 0 bridgehead atoms. The number of carbonyl (C=O) groups is 3. The van der Waals surface area contributed by atoms with Gasteiger partial charge in [0.1, 0.15) is 24.4 Å². The summed E-state index contributed by atoms with van der Waals surface area (Å²) in [7, 11) is -4.45. The molecular formula is C35H46FN6O9P. The van der Waals surface area contributed by atoms with Crippen LogP contribution >= 0.6 is 7.75 Å². The molecular weight excluding hydrogens is 698 g/mol. The third-order valence-corrected chi connectivity index (χ3v) is 10.2. The third-order valence-electron chi connectivity index (χ3n) is 8.54. The van der Waals surface area contributed by atoms with Crippen molar-refractivity contribution in [1.82, 2.24) is 24.6 Å². The lowest BCUT2D eigenvalue weighted by Gasteiger charge is -2.32. The van der Waals surface area contributed by atoms with E-state index in [1.165, 1.54) is 17.8 Å². The van der Waals surface area contributed by atoms with E-state index >= 15 is 0 Å². The Morgan fingerprint density at radius 2 is 1.79 bits per heavy atom. The van der Waals surface area contributed by atoms with Crippen molar-refractivity contribution >= 4 is 42.6 Å². The van der Waals surface area contributed by atoms with Gasteiger partial charge in [-0.15, -0.1) is 6.42 Å². The van der Waals surface area contributed by atoms with Gasteiger partial charge in [0.15, 0.2) is 28.7 Å². The van der Waals surface area contributed by atoms with Crippen molar-refractivity contribution in [3.8, 4) is 18.1 Å². The number of nitrogens with zero attached hydrogens (tertiary/aromatic N) is 4. The first kappa shape index (κ1) is 40.4. The van der Waals surface area contributed by atoms with Gasteiger partial charge in [-0.25, -0.2) is 9.55 Å². The molecule has 0 radical (unpaired) electrons. The number of carbonyl (C=O) groups excluding carboxylic acids is 3. The van der Waals surface area contributed by atoms with Gasteiger partial charge in [-0.1, -0.05) is 78.5 Å². The van der Waals surface area contributed by atoms with E-state index in [-0.39, 0.29) is 41.9 Å². The van der Waals surface area contributed by atoms with Gasteiger partial charge >= 0.3 is 25.8 Å². The van der Waals surface area contributed by atoms with Gasteiger partial charge < -0.3 is 28.6 Å². The van der Waals surface area contributed by atoms with E-state index in [1.54, 1.807) is 58.0 Å². The van der Waals surface area contributed by atoms with Gasteiger partial charge in [0.05, 0.1) is 25.5 Å². The zero-order valence-corrected chi connectivity index (χ0v) is 31.2. The Hall–Kier alpha value is -4.42. The maximum absolute atomic E-state index is 14.8. The van der Waals surface area contributed by atoms with E-state index in [0.717, 1.165) is 12.8 Å². The number of ether oxygens (including phenoxy) is 3. The van der Waals surface area contributed by atoms with Crippen molar-refractivity contribution in [2.75, 3.05) is 25.1 Å². The summed E-state index contributed by atoms with van der Waals surface area (Å²) in [5, 5.41) is 5.19. The Labute approximate surface area is 302 Å². The number of halogens is 1. The van der Waals surface area contributed by atoms with Crippen LogP contribution in [0.4, 0.5) is 10.2 Å². The van der Waals surface area contributed by atoms with Crippen LogP contribution in [0.25, 0.3) is 11.2 Å². The Bertz CT molecular complexity index is 1810. The molecule has 15 nitrogen and oxygen atoms in total. The summed E-state index contributed by atoms with van der Waals surface area (Å²) in [5.74, 6) is -0.103. The molecule has 0 spiro atoms. The second kappa shape index (κ2) is 17.4. The van der Waals surface area contributed by atoms with Gasteiger partial charge in [0, 0.05) is 5.92 Å². The molecule has 1 aliphatic heterocycles. The number of esters is 2. The smallest absolute Gasteiger partial charge is 0.459 e. The summed E-state index contributed by atoms with van der Waals surface area (Å²) in [4.78, 5) is 50.4. The Balaban J connectivity index is 1.68. The first-order valence-corrected chi connectivity index (χ1v) is 18.7. The lowest BCUT2D eigenvalue weighted by atomic mass is 9.95. The highest BCUT2D eigenvalue weighted by Gasteiger charge is 2.55. The number of rotatable bonds is 17. The van der Waals surface area contributed by atoms with Crippen LogP contribution < -0.4 is 14.9 Å². The molecule has 3 heterocycles. The molecule has 0 aliphatic carbocycles. The van der Waals surface area contributed by atoms with Crippen LogP contribution in [0.2, 0.25) is 0 Å². The Morgan fingerprint density at radius 3 is 2.40 bits per heavy atom. The zero-order valence-electron chi connectivity index (χ0n) is 30.3. The largest absolute Gasteiger partial charge is 0.464 e. The molecule has 1 aliphatic rings. The maximum Gasteiger partial charge on any atom is 0.459 e. The van der Waals surface area contributed by atoms with Crippen LogP contribution in [-0.4, -0.2) is 74.9 Å². The van der Waals surface area contributed by atoms with E-state index in [1.807, 2.05) is 13.8 Å². The molecule has 17 heteroatoms. The molecule has 1 saturated heterocycles. The molecule has 4 rings (SSSR count). The minimum Gasteiger partial charge on any atom is -0.464 e. The number of terminal acetylenes is 1. The van der Waals surface area contributed by atoms with Crippen molar-refractivity contribution in [2.24, 2.45) is 17.8 Å². The van der Waals surface area contributed by atoms with Gasteiger partial charge in [0.25, 0.3) is 0 Å². The highest BCUT2D eigenvalue weighted by molar-refractivity contribution is 7.52. The van der Waals surface area contributed by atoms with Crippen LogP contribution in [0, 0.1) is 36.2 Å². The molecule has 1 aromatic carbocycles. The number of benzene rings is 1. The fourth-order valence-electron chi connectivity index (χ4n) is 5.18. The number of hydrogen-bond acceptors (Lipinski definition) is 12. The average molecular weight is 745 g/mol. The molecule has 282 valence electrons. The molecule has 5 atom stereocenters. The molecule has 1 fully saturated rings. The molecule has 3 aromatic rings. The highest BCUT2D eigenvalue weighted by Crippen LogP contribution is 2.48. The van der Waals surface area contributed by atoms with Crippen LogP contribution in [-0.2, 0) is 37.7 Å². The van der Waals surface area contributed by atoms with Crippen molar-refractivity contribution in [3.63, 3.8) is 0 Å². The van der Waals surface area contributed by atoms with E-state index in [2.05, 4.69) is 31.3 Å². The van der Waals surface area contributed by atoms with Crippen LogP contribution in [0.3, 0.4) is 0 Å². The van der Waals surface area contributed by atoms with Gasteiger partial charge in [0.2, 0.25) is 5.91 Å². The standard InChI is InChI=1S/C35H46FN6O9P/c1-9-24(10-2)17-47-33(45)23(8)41-52(46,51-25-15-13-12-14-16-25)49-19-35(11-3)28(50-32(44)22(6)7)26(18-48-35)42-20-37-27-29(38-31(43)21(4)5)39-34(36)40-30(27)42/h3,12-16,20-24,26,28H,9-10,17-19H2,1-2,4-8H3,(H,41,46)(H,38,39,40,43)/t23-,26+,28-,35+,52-/m0/s1. The van der Waals surface area contributed by atoms with Crippen LogP contribution in [0.1, 0.15) is 67.3 Å². The summed E-state index contributed by atoms with van der Waals surface area (Å²) < 4.78 is 59.8. The summed E-state index contributed by atoms with van der Waals surface area (Å²) >= 11 is 0. The van der Waals surface area contributed by atoms with Gasteiger partial charge in [-0.3, -0.25) is 18.9 Å². The number of imidazole rings is 1. The zero-order chi connectivity index (χ0) is 38.2. The maximum atomic E-state index is 14.8. The molecule has 0 saturated carbocycles. The monoisotopic (exact) mass is 744 g/mol. The molecule has 0 unspecified atom stereocenters. The predicted octanol–water partition coefficient (Wildman–Crippen LogP) is 5.23. The number of hydrogen-bond donors (Lipinski definition) is 2. The first-order valence-electron chi connectivity index (χ1n) is 17.1. The number of aromatic nitrogens is 4. The summed E-state index contributed by atoms with van der Waals surface area (Å²) in [6.45, 7) is 11.3. The molecule has 2 N–H and O–H groups in total. The fourth-order valence-corrected chi connectivity index (χ4v) is 6.70. The minimum atomic E-state index is -4.45. The van der Waals surface area contributed by atoms with Crippen molar-refractivity contribution in [1.29, 1.82) is 0 Å². The lowest BCUT2D eigenvalue weighted by molar-refractivity contribution is -0.162. The van der Waals surface area contributed by atoms with E-state index < -0.39 is 73.9 Å². The Kier molecular flexibility index (Phi) is 13.5.